The fraction of sp³-hybridized carbons (Fsp3) is 0.833. The van der Waals surface area contributed by atoms with Crippen molar-refractivity contribution in [3.63, 3.8) is 0 Å². The molecular weight excluding hydrogens is 358 g/mol. The van der Waals surface area contributed by atoms with Gasteiger partial charge in [-0.15, -0.1) is 12.3 Å². The monoisotopic (exact) mass is 388 g/mol. The zero-order valence-electron chi connectivity index (χ0n) is 15.4. The molecule has 0 aromatic heterocycles. The van der Waals surface area contributed by atoms with E-state index in [1.54, 1.807) is 0 Å². The normalized spacial score (nSPS) is 16.8. The first kappa shape index (κ1) is 22.9. The molecule has 0 N–H and O–H groups in total. The van der Waals surface area contributed by atoms with E-state index in [1.165, 1.54) is 0 Å². The van der Waals surface area contributed by atoms with Gasteiger partial charge in [0.25, 0.3) is 0 Å². The van der Waals surface area contributed by atoms with Crippen LogP contribution in [0.3, 0.4) is 0 Å². The van der Waals surface area contributed by atoms with Crippen molar-refractivity contribution in [2.24, 2.45) is 0 Å². The molecule has 1 heterocycles. The largest absolute Gasteiger partial charge is 0.748 e. The lowest BCUT2D eigenvalue weighted by Crippen LogP contribution is -2.44. The summed E-state index contributed by atoms with van der Waals surface area (Å²) in [6.45, 7) is 2.60. The fourth-order valence-electron chi connectivity index (χ4n) is 2.87. The molecule has 1 rings (SSSR count). The molecule has 7 nitrogen and oxygen atoms in total. The van der Waals surface area contributed by atoms with Crippen molar-refractivity contribution in [3.8, 4) is 12.3 Å². The maximum atomic E-state index is 12.0. The molecular formula is C18H30NO6S-. The number of nitrogens with zero attached hydrogens (tertiary/aromatic N) is 1. The van der Waals surface area contributed by atoms with Crippen molar-refractivity contribution in [2.75, 3.05) is 38.6 Å². The van der Waals surface area contributed by atoms with Crippen LogP contribution < -0.4 is 0 Å². The summed E-state index contributed by atoms with van der Waals surface area (Å²) >= 11 is 0. The molecule has 0 amide bonds. The molecule has 0 aromatic carbocycles. The molecule has 0 spiro atoms. The average Bonchev–Trinajstić information content (AvgIpc) is 2.56. The highest BCUT2D eigenvalue weighted by molar-refractivity contribution is 7.85. The second-order valence-electron chi connectivity index (χ2n) is 6.57. The molecule has 0 aromatic rings. The number of hydrogen-bond donors (Lipinski definition) is 0. The van der Waals surface area contributed by atoms with Gasteiger partial charge in [0.15, 0.2) is 0 Å². The summed E-state index contributed by atoms with van der Waals surface area (Å²) < 4.78 is 43.7. The van der Waals surface area contributed by atoms with Crippen LogP contribution in [0.2, 0.25) is 0 Å². The van der Waals surface area contributed by atoms with Crippen LogP contribution in [0.5, 0.6) is 0 Å². The third kappa shape index (κ3) is 12.3. The SMILES string of the molecule is C#CCCCCCCCCC(=O)OC(CN1CCOCC1)CS(=O)(=O)[O-]. The van der Waals surface area contributed by atoms with Gasteiger partial charge in [0, 0.05) is 32.5 Å². The van der Waals surface area contributed by atoms with Crippen LogP contribution in [0, 0.1) is 12.3 Å². The molecule has 1 atom stereocenters. The molecule has 0 radical (unpaired) electrons. The van der Waals surface area contributed by atoms with Crippen molar-refractivity contribution < 1.29 is 27.2 Å². The van der Waals surface area contributed by atoms with Crippen molar-refractivity contribution in [3.05, 3.63) is 0 Å². The molecule has 8 heteroatoms. The molecule has 0 saturated carbocycles. The van der Waals surface area contributed by atoms with Crippen molar-refractivity contribution in [1.29, 1.82) is 0 Å². The lowest BCUT2D eigenvalue weighted by Gasteiger charge is -2.30. The smallest absolute Gasteiger partial charge is 0.306 e. The van der Waals surface area contributed by atoms with E-state index >= 15 is 0 Å². The minimum absolute atomic E-state index is 0.239. The number of carbonyl (C=O) groups is 1. The number of unbranched alkanes of at least 4 members (excludes halogenated alkanes) is 6. The summed E-state index contributed by atoms with van der Waals surface area (Å²) in [6, 6.07) is 0. The van der Waals surface area contributed by atoms with Crippen LogP contribution >= 0.6 is 0 Å². The number of hydrogen-bond acceptors (Lipinski definition) is 7. The summed E-state index contributed by atoms with van der Waals surface area (Å²) in [4.78, 5) is 13.9. The van der Waals surface area contributed by atoms with Gasteiger partial charge in [-0.05, 0) is 12.8 Å². The summed E-state index contributed by atoms with van der Waals surface area (Å²) in [5.74, 6) is 1.48. The Bertz CT molecular complexity index is 536. The second-order valence-corrected chi connectivity index (χ2v) is 8.02. The minimum atomic E-state index is -4.46. The standard InChI is InChI=1S/C18H31NO6S/c1-2-3-4-5-6-7-8-9-10-18(20)25-17(16-26(21,22)23)15-19-11-13-24-14-12-19/h1,17H,3-16H2,(H,21,22,23)/p-1. The summed E-state index contributed by atoms with van der Waals surface area (Å²) in [5, 5.41) is 0. The number of rotatable bonds is 13. The maximum absolute atomic E-state index is 12.0. The van der Waals surface area contributed by atoms with E-state index in [0.717, 1.165) is 38.5 Å². The number of ether oxygens (including phenoxy) is 2. The van der Waals surface area contributed by atoms with E-state index in [2.05, 4.69) is 5.92 Å². The van der Waals surface area contributed by atoms with Crippen molar-refractivity contribution in [2.45, 2.75) is 57.5 Å². The first-order valence-corrected chi connectivity index (χ1v) is 10.8. The number of esters is 1. The Kier molecular flexibility index (Phi) is 11.5. The Labute approximate surface area is 157 Å². The van der Waals surface area contributed by atoms with E-state index in [1.807, 2.05) is 4.90 Å². The summed E-state index contributed by atoms with van der Waals surface area (Å²) in [7, 11) is -4.46. The van der Waals surface area contributed by atoms with Crippen molar-refractivity contribution >= 4 is 16.1 Å². The number of carbonyl (C=O) groups excluding carboxylic acids is 1. The lowest BCUT2D eigenvalue weighted by atomic mass is 10.1. The molecule has 150 valence electrons. The van der Waals surface area contributed by atoms with Crippen LogP contribution in [0.25, 0.3) is 0 Å². The predicted molar refractivity (Wildman–Crippen MR) is 97.5 cm³/mol. The molecule has 0 aliphatic carbocycles. The van der Waals surface area contributed by atoms with Gasteiger partial charge in [0.05, 0.1) is 29.1 Å². The second kappa shape index (κ2) is 13.1. The minimum Gasteiger partial charge on any atom is -0.748 e. The van der Waals surface area contributed by atoms with Gasteiger partial charge in [-0.2, -0.15) is 0 Å². The third-order valence-corrected chi connectivity index (χ3v) is 4.99. The van der Waals surface area contributed by atoms with Crippen molar-refractivity contribution in [1.82, 2.24) is 4.90 Å². The van der Waals surface area contributed by atoms with Gasteiger partial charge in [-0.3, -0.25) is 9.69 Å². The van der Waals surface area contributed by atoms with Gasteiger partial charge in [0.2, 0.25) is 0 Å². The molecule has 1 saturated heterocycles. The highest BCUT2D eigenvalue weighted by Gasteiger charge is 2.22. The van der Waals surface area contributed by atoms with Gasteiger partial charge in [-0.25, -0.2) is 8.42 Å². The predicted octanol–water partition coefficient (Wildman–Crippen LogP) is 1.53. The zero-order valence-corrected chi connectivity index (χ0v) is 16.2. The van der Waals surface area contributed by atoms with Gasteiger partial charge in [-0.1, -0.05) is 25.7 Å². The molecule has 0 bridgehead atoms. The van der Waals surface area contributed by atoms with Gasteiger partial charge >= 0.3 is 5.97 Å². The summed E-state index contributed by atoms with van der Waals surface area (Å²) in [5.41, 5.74) is 0. The quantitative estimate of drug-likeness (QED) is 0.204. The highest BCUT2D eigenvalue weighted by Crippen LogP contribution is 2.11. The Hall–Kier alpha value is -1.14. The average molecular weight is 389 g/mol. The van der Waals surface area contributed by atoms with E-state index in [9.17, 15) is 17.8 Å². The molecule has 1 fully saturated rings. The van der Waals surface area contributed by atoms with E-state index in [4.69, 9.17) is 15.9 Å². The Morgan fingerprint density at radius 1 is 1.15 bits per heavy atom. The van der Waals surface area contributed by atoms with Crippen LogP contribution in [-0.4, -0.2) is 68.5 Å². The van der Waals surface area contributed by atoms with Crippen LogP contribution in [-0.2, 0) is 24.4 Å². The highest BCUT2D eigenvalue weighted by atomic mass is 32.2. The fourth-order valence-corrected chi connectivity index (χ4v) is 3.50. The van der Waals surface area contributed by atoms with Crippen LogP contribution in [0.1, 0.15) is 51.4 Å². The number of morpholine rings is 1. The summed E-state index contributed by atoms with van der Waals surface area (Å²) in [6.07, 6.45) is 11.2. The van der Waals surface area contributed by atoms with E-state index in [0.29, 0.717) is 32.7 Å². The first-order chi connectivity index (χ1) is 12.4. The molecule has 1 aliphatic rings. The third-order valence-electron chi connectivity index (χ3n) is 4.21. The van der Waals surface area contributed by atoms with E-state index < -0.39 is 27.9 Å². The molecule has 1 aliphatic heterocycles. The van der Waals surface area contributed by atoms with E-state index in [-0.39, 0.29) is 13.0 Å². The Morgan fingerprint density at radius 3 is 2.38 bits per heavy atom. The Balaban J connectivity index is 2.27. The van der Waals surface area contributed by atoms with Gasteiger partial charge in [0.1, 0.15) is 6.10 Å². The first-order valence-electron chi connectivity index (χ1n) is 9.27. The molecule has 26 heavy (non-hydrogen) atoms. The maximum Gasteiger partial charge on any atom is 0.306 e. The van der Waals surface area contributed by atoms with Gasteiger partial charge < -0.3 is 14.0 Å². The number of terminal acetylenes is 1. The van der Waals surface area contributed by atoms with Crippen LogP contribution in [0.4, 0.5) is 0 Å². The molecule has 1 unspecified atom stereocenters. The lowest BCUT2D eigenvalue weighted by molar-refractivity contribution is -0.149. The zero-order chi connectivity index (χ0) is 19.3. The Morgan fingerprint density at radius 2 is 1.77 bits per heavy atom. The van der Waals surface area contributed by atoms with Crippen LogP contribution in [0.15, 0.2) is 0 Å². The topological polar surface area (TPSA) is 96.0 Å².